The molecule has 1 aliphatic heterocycles. The van der Waals surface area contributed by atoms with Gasteiger partial charge in [-0.3, -0.25) is 4.79 Å². The minimum Gasteiger partial charge on any atom is -0.481 e. The molecule has 2 rings (SSSR count). The highest BCUT2D eigenvalue weighted by Gasteiger charge is 2.26. The molecule has 0 aliphatic carbocycles. The second-order valence-electron chi connectivity index (χ2n) is 5.83. The van der Waals surface area contributed by atoms with Gasteiger partial charge in [-0.05, 0) is 57.4 Å². The summed E-state index contributed by atoms with van der Waals surface area (Å²) in [6.07, 6.45) is 2.36. The summed E-state index contributed by atoms with van der Waals surface area (Å²) in [5.74, 6) is 0.742. The molecule has 2 N–H and O–H groups in total. The van der Waals surface area contributed by atoms with Crippen molar-refractivity contribution in [1.29, 1.82) is 0 Å². The molecular weight excluding hydrogens is 300 g/mol. The minimum absolute atomic E-state index is 0. The lowest BCUT2D eigenvalue weighted by atomic mass is 9.99. The van der Waals surface area contributed by atoms with E-state index in [0.717, 1.165) is 30.7 Å². The van der Waals surface area contributed by atoms with Crippen molar-refractivity contribution in [3.8, 4) is 5.75 Å². The third-order valence-electron chi connectivity index (χ3n) is 4.02. The van der Waals surface area contributed by atoms with Crippen LogP contribution in [-0.4, -0.2) is 30.6 Å². The van der Waals surface area contributed by atoms with E-state index in [0.29, 0.717) is 12.5 Å². The van der Waals surface area contributed by atoms with Crippen LogP contribution in [0.25, 0.3) is 0 Å². The Bertz CT molecular complexity index is 481. The summed E-state index contributed by atoms with van der Waals surface area (Å²) in [4.78, 5) is 12.4. The van der Waals surface area contributed by atoms with Crippen molar-refractivity contribution in [1.82, 2.24) is 10.6 Å². The van der Waals surface area contributed by atoms with E-state index < -0.39 is 6.10 Å². The second kappa shape index (κ2) is 9.01. The van der Waals surface area contributed by atoms with Crippen LogP contribution in [0.4, 0.5) is 0 Å². The number of amides is 1. The van der Waals surface area contributed by atoms with E-state index in [2.05, 4.69) is 17.6 Å². The van der Waals surface area contributed by atoms with E-state index in [1.54, 1.807) is 0 Å². The molecule has 0 saturated carbocycles. The molecule has 1 heterocycles. The van der Waals surface area contributed by atoms with Crippen LogP contribution < -0.4 is 15.4 Å². The molecule has 1 fully saturated rings. The molecule has 22 heavy (non-hydrogen) atoms. The zero-order chi connectivity index (χ0) is 15.2. The standard InChI is InChI=1S/C17H26N2O2.ClH/c1-4-16(21-14-8-5-7-12(2)11-14)17(20)19-15-9-6-10-18-13(15)3;/h5,7-8,11,13,15-16,18H,4,6,9-10H2,1-3H3,(H,19,20);1H. The monoisotopic (exact) mass is 326 g/mol. The van der Waals surface area contributed by atoms with Crippen molar-refractivity contribution < 1.29 is 9.53 Å². The van der Waals surface area contributed by atoms with Crippen molar-refractivity contribution in [3.63, 3.8) is 0 Å². The second-order valence-corrected chi connectivity index (χ2v) is 5.83. The summed E-state index contributed by atoms with van der Waals surface area (Å²) in [6, 6.07) is 8.33. The average molecular weight is 327 g/mol. The molecule has 124 valence electrons. The summed E-state index contributed by atoms with van der Waals surface area (Å²) in [5.41, 5.74) is 1.13. The molecule has 0 radical (unpaired) electrons. The van der Waals surface area contributed by atoms with Crippen LogP contribution >= 0.6 is 12.4 Å². The predicted molar refractivity (Wildman–Crippen MR) is 91.8 cm³/mol. The third-order valence-corrected chi connectivity index (χ3v) is 4.02. The van der Waals surface area contributed by atoms with E-state index in [4.69, 9.17) is 4.74 Å². The Labute approximate surface area is 139 Å². The van der Waals surface area contributed by atoms with E-state index in [1.165, 1.54) is 0 Å². The first-order valence-electron chi connectivity index (χ1n) is 7.87. The van der Waals surface area contributed by atoms with Crippen molar-refractivity contribution in [2.45, 2.75) is 58.2 Å². The zero-order valence-electron chi connectivity index (χ0n) is 13.6. The predicted octanol–water partition coefficient (Wildman–Crippen LogP) is 2.83. The highest BCUT2D eigenvalue weighted by atomic mass is 35.5. The molecule has 5 heteroatoms. The summed E-state index contributed by atoms with van der Waals surface area (Å²) in [6.45, 7) is 7.14. The third kappa shape index (κ3) is 5.18. The molecule has 1 aromatic carbocycles. The summed E-state index contributed by atoms with van der Waals surface area (Å²) < 4.78 is 5.85. The molecule has 1 saturated heterocycles. The van der Waals surface area contributed by atoms with Crippen LogP contribution in [0.5, 0.6) is 5.75 Å². The normalized spacial score (nSPS) is 22.3. The van der Waals surface area contributed by atoms with Crippen molar-refractivity contribution in [3.05, 3.63) is 29.8 Å². The number of ether oxygens (including phenoxy) is 1. The van der Waals surface area contributed by atoms with Crippen molar-refractivity contribution in [2.75, 3.05) is 6.54 Å². The van der Waals surface area contributed by atoms with Gasteiger partial charge in [0.2, 0.25) is 0 Å². The van der Waals surface area contributed by atoms with Crippen LogP contribution in [-0.2, 0) is 4.79 Å². The molecule has 3 atom stereocenters. The van der Waals surface area contributed by atoms with Gasteiger partial charge in [0.05, 0.1) is 0 Å². The van der Waals surface area contributed by atoms with Crippen LogP contribution in [0, 0.1) is 6.92 Å². The average Bonchev–Trinajstić information content (AvgIpc) is 2.47. The lowest BCUT2D eigenvalue weighted by Crippen LogP contribution is -2.54. The zero-order valence-corrected chi connectivity index (χ0v) is 14.4. The number of halogens is 1. The molecule has 0 spiro atoms. The van der Waals surface area contributed by atoms with Gasteiger partial charge in [-0.25, -0.2) is 0 Å². The maximum Gasteiger partial charge on any atom is 0.261 e. The van der Waals surface area contributed by atoms with Gasteiger partial charge in [0, 0.05) is 12.1 Å². The number of hydrogen-bond donors (Lipinski definition) is 2. The number of benzene rings is 1. The highest BCUT2D eigenvalue weighted by Crippen LogP contribution is 2.16. The molecule has 1 aromatic rings. The first-order valence-corrected chi connectivity index (χ1v) is 7.87. The minimum atomic E-state index is -0.430. The van der Waals surface area contributed by atoms with Gasteiger partial charge in [-0.15, -0.1) is 12.4 Å². The van der Waals surface area contributed by atoms with Gasteiger partial charge in [-0.2, -0.15) is 0 Å². The Kier molecular flexibility index (Phi) is 7.69. The summed E-state index contributed by atoms with van der Waals surface area (Å²) >= 11 is 0. The molecule has 3 unspecified atom stereocenters. The van der Waals surface area contributed by atoms with Gasteiger partial charge < -0.3 is 15.4 Å². The molecule has 1 aliphatic rings. The number of carbonyl (C=O) groups is 1. The fourth-order valence-corrected chi connectivity index (χ4v) is 2.69. The Balaban J connectivity index is 0.00000242. The number of nitrogens with one attached hydrogen (secondary N) is 2. The number of rotatable bonds is 5. The molecule has 1 amide bonds. The highest BCUT2D eigenvalue weighted by molar-refractivity contribution is 5.85. The fraction of sp³-hybridized carbons (Fsp3) is 0.588. The SMILES string of the molecule is CCC(Oc1cccc(C)c1)C(=O)NC1CCCNC1C.Cl. The largest absolute Gasteiger partial charge is 0.481 e. The summed E-state index contributed by atoms with van der Waals surface area (Å²) in [5, 5.41) is 6.52. The summed E-state index contributed by atoms with van der Waals surface area (Å²) in [7, 11) is 0. The topological polar surface area (TPSA) is 50.4 Å². The maximum atomic E-state index is 12.4. The molecule has 4 nitrogen and oxygen atoms in total. The first kappa shape index (κ1) is 18.8. The number of piperidine rings is 1. The van der Waals surface area contributed by atoms with E-state index in [1.807, 2.05) is 38.1 Å². The van der Waals surface area contributed by atoms with Gasteiger partial charge in [0.1, 0.15) is 5.75 Å². The molecule has 0 bridgehead atoms. The van der Waals surface area contributed by atoms with E-state index in [-0.39, 0.29) is 24.4 Å². The lowest BCUT2D eigenvalue weighted by molar-refractivity contribution is -0.129. The molecule has 0 aromatic heterocycles. The lowest BCUT2D eigenvalue weighted by Gasteiger charge is -2.31. The molecular formula is C17H27ClN2O2. The maximum absolute atomic E-state index is 12.4. The Hall–Kier alpha value is -1.26. The Morgan fingerprint density at radius 3 is 2.91 bits per heavy atom. The number of hydrogen-bond acceptors (Lipinski definition) is 3. The van der Waals surface area contributed by atoms with Crippen LogP contribution in [0.1, 0.15) is 38.7 Å². The van der Waals surface area contributed by atoms with Crippen molar-refractivity contribution >= 4 is 18.3 Å². The van der Waals surface area contributed by atoms with Gasteiger partial charge in [0.25, 0.3) is 5.91 Å². The Morgan fingerprint density at radius 2 is 2.27 bits per heavy atom. The van der Waals surface area contributed by atoms with Gasteiger partial charge in [-0.1, -0.05) is 19.1 Å². The first-order chi connectivity index (χ1) is 10.1. The van der Waals surface area contributed by atoms with E-state index in [9.17, 15) is 4.79 Å². The van der Waals surface area contributed by atoms with Gasteiger partial charge in [0.15, 0.2) is 6.10 Å². The fourth-order valence-electron chi connectivity index (χ4n) is 2.69. The quantitative estimate of drug-likeness (QED) is 0.874. The van der Waals surface area contributed by atoms with Crippen molar-refractivity contribution in [2.24, 2.45) is 0 Å². The van der Waals surface area contributed by atoms with Crippen LogP contribution in [0.3, 0.4) is 0 Å². The number of aryl methyl sites for hydroxylation is 1. The van der Waals surface area contributed by atoms with E-state index >= 15 is 0 Å². The van der Waals surface area contributed by atoms with Gasteiger partial charge >= 0.3 is 0 Å². The van der Waals surface area contributed by atoms with Crippen LogP contribution in [0.15, 0.2) is 24.3 Å². The number of carbonyl (C=O) groups excluding carboxylic acids is 1. The Morgan fingerprint density at radius 1 is 1.50 bits per heavy atom. The van der Waals surface area contributed by atoms with Crippen LogP contribution in [0.2, 0.25) is 0 Å². The smallest absolute Gasteiger partial charge is 0.261 e.